The predicted molar refractivity (Wildman–Crippen MR) is 138 cm³/mol. The van der Waals surface area contributed by atoms with Gasteiger partial charge in [0.25, 0.3) is 0 Å². The zero-order valence-corrected chi connectivity index (χ0v) is 22.2. The fraction of sp³-hybridized carbons (Fsp3) is 0.556. The van der Waals surface area contributed by atoms with E-state index in [0.29, 0.717) is 22.9 Å². The number of pyridine rings is 1. The Morgan fingerprint density at radius 2 is 1.97 bits per heavy atom. The van der Waals surface area contributed by atoms with E-state index in [9.17, 15) is 10.1 Å². The maximum absolute atomic E-state index is 12.3. The third-order valence-corrected chi connectivity index (χ3v) is 7.32. The van der Waals surface area contributed by atoms with Crippen molar-refractivity contribution in [3.05, 3.63) is 35.9 Å². The molecule has 0 aromatic carbocycles. The minimum Gasteiger partial charge on any atom is -0.494 e. The molecule has 0 unspecified atom stereocenters. The van der Waals surface area contributed by atoms with Crippen LogP contribution in [0, 0.1) is 18.3 Å². The third kappa shape index (κ3) is 5.14. The molecule has 1 aliphatic carbocycles. The summed E-state index contributed by atoms with van der Waals surface area (Å²) in [6, 6.07) is 4.44. The van der Waals surface area contributed by atoms with Crippen LogP contribution in [0.15, 0.2) is 24.7 Å². The number of nitriles is 1. The van der Waals surface area contributed by atoms with Crippen LogP contribution in [0.4, 0.5) is 4.79 Å². The van der Waals surface area contributed by atoms with Crippen LogP contribution in [0.25, 0.3) is 16.6 Å². The fourth-order valence-electron chi connectivity index (χ4n) is 5.29. The first-order valence-electron chi connectivity index (χ1n) is 12.8. The Balaban J connectivity index is 1.25. The van der Waals surface area contributed by atoms with Crippen LogP contribution in [0.3, 0.4) is 0 Å². The zero-order valence-electron chi connectivity index (χ0n) is 22.2. The lowest BCUT2D eigenvalue weighted by atomic mass is 10.0. The molecule has 196 valence electrons. The van der Waals surface area contributed by atoms with Crippen molar-refractivity contribution in [2.75, 3.05) is 26.7 Å². The number of nitrogens with zero attached hydrogens (tertiary/aromatic N) is 6. The molecule has 3 aromatic rings. The van der Waals surface area contributed by atoms with Gasteiger partial charge in [0.05, 0.1) is 31.1 Å². The van der Waals surface area contributed by atoms with E-state index in [-0.39, 0.29) is 11.6 Å². The normalized spacial score (nSPS) is 17.9. The zero-order chi connectivity index (χ0) is 26.4. The number of piperidine rings is 1. The smallest absolute Gasteiger partial charge is 0.408 e. The van der Waals surface area contributed by atoms with Gasteiger partial charge in [0.15, 0.2) is 0 Å². The molecular weight excluding hydrogens is 470 g/mol. The number of likely N-dealkylation sites (tertiary alicyclic amines) is 1. The quantitative estimate of drug-likeness (QED) is 0.537. The Bertz CT molecular complexity index is 1350. The van der Waals surface area contributed by atoms with Crippen LogP contribution in [-0.2, 0) is 4.74 Å². The third-order valence-electron chi connectivity index (χ3n) is 7.32. The maximum atomic E-state index is 12.3. The molecule has 2 aliphatic rings. The van der Waals surface area contributed by atoms with E-state index in [2.05, 4.69) is 33.0 Å². The molecule has 2 fully saturated rings. The van der Waals surface area contributed by atoms with Crippen molar-refractivity contribution >= 4 is 11.6 Å². The molecule has 1 N–H and O–H groups in total. The number of methoxy groups -OCH3 is 1. The summed E-state index contributed by atoms with van der Waals surface area (Å²) in [5.74, 6) is 0.612. The van der Waals surface area contributed by atoms with Crippen molar-refractivity contribution in [2.45, 2.75) is 70.6 Å². The first-order chi connectivity index (χ1) is 17.6. The largest absolute Gasteiger partial charge is 0.494 e. The molecule has 1 saturated carbocycles. The van der Waals surface area contributed by atoms with E-state index in [4.69, 9.17) is 14.6 Å². The topological polar surface area (TPSA) is 110 Å². The van der Waals surface area contributed by atoms with E-state index in [1.54, 1.807) is 17.8 Å². The molecule has 1 saturated heterocycles. The predicted octanol–water partition coefficient (Wildman–Crippen LogP) is 4.08. The van der Waals surface area contributed by atoms with Crippen molar-refractivity contribution in [2.24, 2.45) is 0 Å². The number of hydrogen-bond acceptors (Lipinski definition) is 7. The molecule has 0 bridgehead atoms. The van der Waals surface area contributed by atoms with Crippen LogP contribution in [0.5, 0.6) is 5.75 Å². The number of amides is 1. The van der Waals surface area contributed by atoms with E-state index >= 15 is 0 Å². The van der Waals surface area contributed by atoms with E-state index in [1.807, 2.05) is 39.2 Å². The summed E-state index contributed by atoms with van der Waals surface area (Å²) < 4.78 is 14.9. The van der Waals surface area contributed by atoms with Gasteiger partial charge in [-0.3, -0.25) is 4.68 Å². The number of hydrogen-bond donors (Lipinski definition) is 1. The first-order valence-corrected chi connectivity index (χ1v) is 12.8. The summed E-state index contributed by atoms with van der Waals surface area (Å²) in [5, 5.41) is 21.6. The van der Waals surface area contributed by atoms with Gasteiger partial charge in [-0.1, -0.05) is 0 Å². The lowest BCUT2D eigenvalue weighted by Gasteiger charge is -2.35. The minimum absolute atomic E-state index is 0.153. The van der Waals surface area contributed by atoms with Gasteiger partial charge in [-0.15, -0.1) is 0 Å². The summed E-state index contributed by atoms with van der Waals surface area (Å²) in [4.78, 5) is 14.7. The average Bonchev–Trinajstić information content (AvgIpc) is 3.28. The molecular formula is C27H35N7O3. The summed E-state index contributed by atoms with van der Waals surface area (Å²) >= 11 is 0. The highest BCUT2D eigenvalue weighted by molar-refractivity contribution is 5.76. The van der Waals surface area contributed by atoms with Gasteiger partial charge in [-0.25, -0.2) is 9.31 Å². The Kier molecular flexibility index (Phi) is 6.36. The molecule has 37 heavy (non-hydrogen) atoms. The van der Waals surface area contributed by atoms with Gasteiger partial charge in [-0.05, 0) is 59.4 Å². The van der Waals surface area contributed by atoms with Crippen molar-refractivity contribution in [3.8, 4) is 22.9 Å². The second kappa shape index (κ2) is 9.38. The Hall–Kier alpha value is -3.58. The highest BCUT2D eigenvalue weighted by atomic mass is 16.6. The first kappa shape index (κ1) is 25.1. The molecule has 0 radical (unpaired) electrons. The second-order valence-electron chi connectivity index (χ2n) is 11.3. The highest BCUT2D eigenvalue weighted by Gasteiger charge is 2.46. The maximum Gasteiger partial charge on any atom is 0.408 e. The van der Waals surface area contributed by atoms with Crippen molar-refractivity contribution in [3.63, 3.8) is 0 Å². The Labute approximate surface area is 217 Å². The van der Waals surface area contributed by atoms with Gasteiger partial charge in [0.2, 0.25) is 0 Å². The highest BCUT2D eigenvalue weighted by Crippen LogP contribution is 2.38. The van der Waals surface area contributed by atoms with Crippen molar-refractivity contribution < 1.29 is 14.3 Å². The number of ether oxygens (including phenoxy) is 2. The number of nitrogens with one attached hydrogen (secondary N) is 1. The summed E-state index contributed by atoms with van der Waals surface area (Å²) in [5.41, 5.74) is 3.57. The second-order valence-corrected chi connectivity index (χ2v) is 11.3. The molecule has 4 heterocycles. The number of rotatable bonds is 6. The molecule has 3 aromatic heterocycles. The number of carbonyl (C=O) groups is 1. The lowest BCUT2D eigenvalue weighted by Crippen LogP contribution is -2.49. The monoisotopic (exact) mass is 505 g/mol. The van der Waals surface area contributed by atoms with Gasteiger partial charge in [0, 0.05) is 42.7 Å². The number of fused-ring (bicyclic) bond motifs is 1. The number of alkyl carbamates (subject to hydrolysis) is 1. The molecule has 5 rings (SSSR count). The van der Waals surface area contributed by atoms with Crippen LogP contribution in [0.1, 0.15) is 63.8 Å². The molecule has 10 heteroatoms. The van der Waals surface area contributed by atoms with Crippen LogP contribution in [-0.4, -0.2) is 68.3 Å². The van der Waals surface area contributed by atoms with Gasteiger partial charge in [-0.2, -0.15) is 15.5 Å². The van der Waals surface area contributed by atoms with E-state index < -0.39 is 5.60 Å². The van der Waals surface area contributed by atoms with Crippen LogP contribution < -0.4 is 10.1 Å². The standard InChI is InChI=1S/C27H35N7O3/c1-18-22(19-12-23(36-5)24-20(13-28)14-29-33(24)16-19)15-30-34(18)21-6-10-32(11-7-21)17-27(8-9-27)31-25(35)37-26(2,3)4/h12,14-16,21H,6-11,17H2,1-5H3,(H,31,35). The summed E-state index contributed by atoms with van der Waals surface area (Å²) in [7, 11) is 1.60. The number of carbonyl (C=O) groups excluding carboxylic acids is 1. The minimum atomic E-state index is -0.492. The molecule has 1 aliphatic heterocycles. The Morgan fingerprint density at radius 3 is 2.59 bits per heavy atom. The molecule has 1 amide bonds. The average molecular weight is 506 g/mol. The van der Waals surface area contributed by atoms with Gasteiger partial charge < -0.3 is 19.7 Å². The van der Waals surface area contributed by atoms with Crippen molar-refractivity contribution in [1.29, 1.82) is 5.26 Å². The number of aromatic nitrogens is 4. The van der Waals surface area contributed by atoms with Crippen LogP contribution in [0.2, 0.25) is 0 Å². The molecule has 0 atom stereocenters. The van der Waals surface area contributed by atoms with Crippen molar-refractivity contribution in [1.82, 2.24) is 29.6 Å². The molecule has 10 nitrogen and oxygen atoms in total. The van der Waals surface area contributed by atoms with Gasteiger partial charge in [0.1, 0.15) is 28.5 Å². The fourth-order valence-corrected chi connectivity index (χ4v) is 5.29. The molecule has 0 spiro atoms. The summed E-state index contributed by atoms with van der Waals surface area (Å²) in [6.07, 6.45) is 9.04. The SMILES string of the molecule is COc1cc(-c2cnn(C3CCN(CC4(NC(=O)OC(C)(C)C)CC4)CC3)c2C)cn2ncc(C#N)c12. The lowest BCUT2D eigenvalue weighted by molar-refractivity contribution is 0.0473. The van der Waals surface area contributed by atoms with Gasteiger partial charge >= 0.3 is 6.09 Å². The van der Waals surface area contributed by atoms with E-state index in [1.165, 1.54) is 0 Å². The summed E-state index contributed by atoms with van der Waals surface area (Å²) in [6.45, 7) is 10.5. The van der Waals surface area contributed by atoms with Crippen LogP contribution >= 0.6 is 0 Å². The Morgan fingerprint density at radius 1 is 1.24 bits per heavy atom. The van der Waals surface area contributed by atoms with E-state index in [0.717, 1.165) is 62.1 Å².